The predicted octanol–water partition coefficient (Wildman–Crippen LogP) is 3.28. The van der Waals surface area contributed by atoms with Crippen LogP contribution in [-0.2, 0) is 24.9 Å². The summed E-state index contributed by atoms with van der Waals surface area (Å²) in [5.74, 6) is 0.613. The first-order chi connectivity index (χ1) is 13.0. The molecule has 0 spiro atoms. The molecule has 0 atom stereocenters. The molecule has 1 aliphatic rings. The number of amides is 1. The summed E-state index contributed by atoms with van der Waals surface area (Å²) >= 11 is 1.52. The summed E-state index contributed by atoms with van der Waals surface area (Å²) in [5, 5.41) is 4.87. The van der Waals surface area contributed by atoms with Crippen molar-refractivity contribution in [1.29, 1.82) is 0 Å². The van der Waals surface area contributed by atoms with Gasteiger partial charge in [-0.2, -0.15) is 0 Å². The summed E-state index contributed by atoms with van der Waals surface area (Å²) in [6.07, 6.45) is 2.93. The van der Waals surface area contributed by atoms with E-state index in [1.807, 2.05) is 30.6 Å². The van der Waals surface area contributed by atoms with E-state index < -0.39 is 0 Å². The summed E-state index contributed by atoms with van der Waals surface area (Å²) < 4.78 is 7.59. The molecule has 1 amide bonds. The molecule has 0 saturated carbocycles. The number of benzene rings is 1. The fraction of sp³-hybridized carbons (Fsp3) is 0.250. The third-order valence-electron chi connectivity index (χ3n) is 4.62. The molecule has 27 heavy (non-hydrogen) atoms. The smallest absolute Gasteiger partial charge is 0.253 e. The molecule has 0 unspecified atom stereocenters. The average Bonchev–Trinajstić information content (AvgIpc) is 3.17. The van der Waals surface area contributed by atoms with Crippen LogP contribution in [0.25, 0.3) is 11.1 Å². The van der Waals surface area contributed by atoms with Crippen LogP contribution in [0.3, 0.4) is 0 Å². The lowest BCUT2D eigenvalue weighted by Gasteiger charge is -2.22. The van der Waals surface area contributed by atoms with Gasteiger partial charge in [-0.1, -0.05) is 0 Å². The molecule has 3 aromatic rings. The Bertz CT molecular complexity index is 1040. The van der Waals surface area contributed by atoms with Crippen molar-refractivity contribution >= 4 is 22.9 Å². The number of pyridine rings is 1. The number of anilines is 1. The third kappa shape index (κ3) is 3.50. The number of hydrogen-bond donors (Lipinski definition) is 1. The van der Waals surface area contributed by atoms with Crippen LogP contribution in [0.15, 0.2) is 40.1 Å². The van der Waals surface area contributed by atoms with Crippen LogP contribution in [0.1, 0.15) is 23.2 Å². The van der Waals surface area contributed by atoms with Crippen molar-refractivity contribution in [2.75, 3.05) is 5.32 Å². The van der Waals surface area contributed by atoms with Gasteiger partial charge in [0.25, 0.3) is 5.56 Å². The maximum absolute atomic E-state index is 12.0. The Morgan fingerprint density at radius 1 is 1.22 bits per heavy atom. The average molecular weight is 381 g/mol. The molecule has 1 aromatic carbocycles. The van der Waals surface area contributed by atoms with Gasteiger partial charge in [-0.25, -0.2) is 4.98 Å². The van der Waals surface area contributed by atoms with Gasteiger partial charge in [-0.05, 0) is 48.2 Å². The van der Waals surface area contributed by atoms with Crippen molar-refractivity contribution in [1.82, 2.24) is 9.55 Å². The zero-order chi connectivity index (χ0) is 19.0. The lowest BCUT2D eigenvalue weighted by Crippen LogP contribution is -2.20. The zero-order valence-corrected chi connectivity index (χ0v) is 15.9. The highest BCUT2D eigenvalue weighted by molar-refractivity contribution is 7.07. The maximum atomic E-state index is 12.0. The number of hydrogen-bond acceptors (Lipinski definition) is 5. The van der Waals surface area contributed by atoms with Crippen LogP contribution in [0.5, 0.6) is 5.75 Å². The molecule has 0 aliphatic carbocycles. The fourth-order valence-corrected chi connectivity index (χ4v) is 3.78. The summed E-state index contributed by atoms with van der Waals surface area (Å²) in [6.45, 7) is 2.14. The highest BCUT2D eigenvalue weighted by Gasteiger charge is 2.21. The summed E-state index contributed by atoms with van der Waals surface area (Å²) in [5.41, 5.74) is 6.94. The largest absolute Gasteiger partial charge is 0.485 e. The van der Waals surface area contributed by atoms with Crippen LogP contribution in [0.4, 0.5) is 5.69 Å². The number of nitrogens with one attached hydrogen (secondary N) is 1. The van der Waals surface area contributed by atoms with Gasteiger partial charge < -0.3 is 14.6 Å². The fourth-order valence-electron chi connectivity index (χ4n) is 3.24. The van der Waals surface area contributed by atoms with Gasteiger partial charge >= 0.3 is 0 Å². The summed E-state index contributed by atoms with van der Waals surface area (Å²) in [7, 11) is 1.75. The van der Waals surface area contributed by atoms with Gasteiger partial charge in [0.1, 0.15) is 12.4 Å². The van der Waals surface area contributed by atoms with E-state index in [-0.39, 0.29) is 11.5 Å². The van der Waals surface area contributed by atoms with E-state index >= 15 is 0 Å². The first kappa shape index (κ1) is 17.5. The molecule has 0 saturated heterocycles. The minimum Gasteiger partial charge on any atom is -0.485 e. The van der Waals surface area contributed by atoms with E-state index in [4.69, 9.17) is 4.74 Å². The second-order valence-electron chi connectivity index (χ2n) is 6.65. The molecule has 4 rings (SSSR count). The number of rotatable bonds is 4. The number of carbonyl (C=O) groups excluding carboxylic acids is 1. The third-order valence-corrected chi connectivity index (χ3v) is 5.26. The molecule has 138 valence electrons. The van der Waals surface area contributed by atoms with E-state index in [2.05, 4.69) is 16.4 Å². The normalized spacial score (nSPS) is 13.2. The number of ether oxygens (including phenoxy) is 1. The Labute approximate surface area is 160 Å². The van der Waals surface area contributed by atoms with Crippen molar-refractivity contribution in [3.05, 3.63) is 62.5 Å². The lowest BCUT2D eigenvalue weighted by atomic mass is 9.96. The molecule has 1 aliphatic heterocycles. The first-order valence-electron chi connectivity index (χ1n) is 8.65. The minimum absolute atomic E-state index is 0.00768. The molecule has 0 radical (unpaired) electrons. The SMILES string of the molecule is Cc1cc(-c2cc3c(c(OCc4cscn4)c2)NC(=O)CC3)cn(C)c1=O. The minimum atomic E-state index is -0.0102. The Kier molecular flexibility index (Phi) is 4.53. The maximum Gasteiger partial charge on any atom is 0.253 e. The second-order valence-corrected chi connectivity index (χ2v) is 7.37. The van der Waals surface area contributed by atoms with Gasteiger partial charge in [0.05, 0.1) is 16.9 Å². The van der Waals surface area contributed by atoms with Gasteiger partial charge in [0.2, 0.25) is 5.91 Å². The molecule has 1 N–H and O–H groups in total. The molecule has 0 bridgehead atoms. The Hall–Kier alpha value is -2.93. The lowest BCUT2D eigenvalue weighted by molar-refractivity contribution is -0.116. The number of nitrogens with zero attached hydrogens (tertiary/aromatic N) is 2. The summed E-state index contributed by atoms with van der Waals surface area (Å²) in [6, 6.07) is 5.86. The van der Waals surface area contributed by atoms with Crippen LogP contribution < -0.4 is 15.6 Å². The second kappa shape index (κ2) is 7.00. The van der Waals surface area contributed by atoms with Crippen LogP contribution in [0.2, 0.25) is 0 Å². The number of fused-ring (bicyclic) bond motifs is 1. The predicted molar refractivity (Wildman–Crippen MR) is 105 cm³/mol. The number of carbonyl (C=O) groups is 1. The van der Waals surface area contributed by atoms with Crippen molar-refractivity contribution in [2.24, 2.45) is 7.05 Å². The van der Waals surface area contributed by atoms with Crippen molar-refractivity contribution < 1.29 is 9.53 Å². The summed E-state index contributed by atoms with van der Waals surface area (Å²) in [4.78, 5) is 28.1. The zero-order valence-electron chi connectivity index (χ0n) is 15.1. The number of thiazole rings is 1. The highest BCUT2D eigenvalue weighted by atomic mass is 32.1. The highest BCUT2D eigenvalue weighted by Crippen LogP contribution is 2.38. The van der Waals surface area contributed by atoms with E-state index in [0.29, 0.717) is 30.8 Å². The topological polar surface area (TPSA) is 73.2 Å². The van der Waals surface area contributed by atoms with Gasteiger partial charge in [-0.15, -0.1) is 11.3 Å². The van der Waals surface area contributed by atoms with Gasteiger partial charge in [0, 0.05) is 30.6 Å². The monoisotopic (exact) mass is 381 g/mol. The van der Waals surface area contributed by atoms with Gasteiger partial charge in [0.15, 0.2) is 0 Å². The van der Waals surface area contributed by atoms with E-state index in [9.17, 15) is 9.59 Å². The standard InChI is InChI=1S/C20H19N3O3S/c1-12-5-15(8-23(2)20(12)25)14-6-13-3-4-18(24)22-19(13)17(7-14)26-9-16-10-27-11-21-16/h5-8,10-11H,3-4,9H2,1-2H3,(H,22,24). The van der Waals surface area contributed by atoms with E-state index in [0.717, 1.165) is 28.1 Å². The van der Waals surface area contributed by atoms with Crippen LogP contribution in [0, 0.1) is 6.92 Å². The number of aromatic nitrogens is 2. The molecule has 3 heterocycles. The Balaban J connectivity index is 1.78. The van der Waals surface area contributed by atoms with Crippen LogP contribution in [-0.4, -0.2) is 15.5 Å². The van der Waals surface area contributed by atoms with E-state index in [1.54, 1.807) is 17.1 Å². The van der Waals surface area contributed by atoms with E-state index in [1.165, 1.54) is 11.3 Å². The molecule has 2 aromatic heterocycles. The first-order valence-corrected chi connectivity index (χ1v) is 9.60. The Morgan fingerprint density at radius 2 is 2.07 bits per heavy atom. The van der Waals surface area contributed by atoms with Crippen LogP contribution >= 0.6 is 11.3 Å². The van der Waals surface area contributed by atoms with Crippen molar-refractivity contribution in [2.45, 2.75) is 26.4 Å². The molecule has 0 fully saturated rings. The quantitative estimate of drug-likeness (QED) is 0.753. The molecular formula is C20H19N3O3S. The van der Waals surface area contributed by atoms with Crippen molar-refractivity contribution in [3.63, 3.8) is 0 Å². The number of aryl methyl sites for hydroxylation is 3. The van der Waals surface area contributed by atoms with Crippen molar-refractivity contribution in [3.8, 4) is 16.9 Å². The molecule has 6 nitrogen and oxygen atoms in total. The molecule has 7 heteroatoms. The Morgan fingerprint density at radius 3 is 2.81 bits per heavy atom. The molecular weight excluding hydrogens is 362 g/mol. The van der Waals surface area contributed by atoms with Gasteiger partial charge in [-0.3, -0.25) is 9.59 Å².